The largest absolute Gasteiger partial charge is 0.398 e. The van der Waals surface area contributed by atoms with E-state index in [0.29, 0.717) is 16.3 Å². The fourth-order valence-electron chi connectivity index (χ4n) is 1.33. The van der Waals surface area contributed by atoms with Crippen LogP contribution in [0.1, 0.15) is 12.0 Å². The predicted octanol–water partition coefficient (Wildman–Crippen LogP) is 1.76. The summed E-state index contributed by atoms with van der Waals surface area (Å²) in [5.74, 6) is 0. The van der Waals surface area contributed by atoms with Crippen molar-refractivity contribution < 1.29 is 8.42 Å². The van der Waals surface area contributed by atoms with E-state index in [9.17, 15) is 8.42 Å². The van der Waals surface area contributed by atoms with Crippen LogP contribution in [-0.4, -0.2) is 26.3 Å². The minimum absolute atomic E-state index is 0.0380. The molecule has 1 aromatic carbocycles. The minimum Gasteiger partial charge on any atom is -0.398 e. The van der Waals surface area contributed by atoms with Crippen molar-refractivity contribution in [1.29, 1.82) is 5.26 Å². The molecule has 0 fully saturated rings. The Hall–Kier alpha value is -1.29. The van der Waals surface area contributed by atoms with Crippen LogP contribution in [0.2, 0.25) is 5.02 Å². The number of hydrogen-bond donors (Lipinski definition) is 1. The number of hydrogen-bond acceptors (Lipinski definition) is 4. The topological polar surface area (TPSA) is 87.2 Å². The van der Waals surface area contributed by atoms with Crippen molar-refractivity contribution >= 4 is 27.3 Å². The SMILES string of the molecule is Cc1c(N)cc(S(=O)(=O)N(C)CCC#N)cc1Cl. The molecule has 0 aromatic heterocycles. The molecular formula is C11H14ClN3O2S. The molecule has 0 heterocycles. The molecule has 0 unspecified atom stereocenters. The van der Waals surface area contributed by atoms with Crippen molar-refractivity contribution in [1.82, 2.24) is 4.31 Å². The Morgan fingerprint density at radius 1 is 1.50 bits per heavy atom. The summed E-state index contributed by atoms with van der Waals surface area (Å²) >= 11 is 5.92. The van der Waals surface area contributed by atoms with Crippen molar-refractivity contribution in [3.63, 3.8) is 0 Å². The summed E-state index contributed by atoms with van der Waals surface area (Å²) < 4.78 is 25.4. The molecule has 1 rings (SSSR count). The second kappa shape index (κ2) is 5.57. The first kappa shape index (κ1) is 14.8. The molecule has 18 heavy (non-hydrogen) atoms. The fraction of sp³-hybridized carbons (Fsp3) is 0.364. The van der Waals surface area contributed by atoms with Gasteiger partial charge in [0.15, 0.2) is 0 Å². The third kappa shape index (κ3) is 2.93. The quantitative estimate of drug-likeness (QED) is 0.855. The molecular weight excluding hydrogens is 274 g/mol. The highest BCUT2D eigenvalue weighted by Gasteiger charge is 2.22. The molecule has 0 aliphatic rings. The lowest BCUT2D eigenvalue weighted by Crippen LogP contribution is -2.28. The summed E-state index contributed by atoms with van der Waals surface area (Å²) in [7, 11) is -2.24. The summed E-state index contributed by atoms with van der Waals surface area (Å²) in [6, 6.07) is 4.64. The first-order valence-corrected chi connectivity index (χ1v) is 7.01. The molecule has 0 radical (unpaired) electrons. The lowest BCUT2D eigenvalue weighted by Gasteiger charge is -2.16. The maximum Gasteiger partial charge on any atom is 0.242 e. The molecule has 0 saturated carbocycles. The van der Waals surface area contributed by atoms with Crippen LogP contribution in [0, 0.1) is 18.3 Å². The van der Waals surface area contributed by atoms with Crippen LogP contribution < -0.4 is 5.73 Å². The Bertz CT molecular complexity index is 570. The number of anilines is 1. The maximum absolute atomic E-state index is 12.2. The van der Waals surface area contributed by atoms with Gasteiger partial charge < -0.3 is 5.73 Å². The average Bonchev–Trinajstić information content (AvgIpc) is 2.32. The number of halogens is 1. The third-order valence-electron chi connectivity index (χ3n) is 2.60. The van der Waals surface area contributed by atoms with Crippen LogP contribution in [0.3, 0.4) is 0 Å². The Kier molecular flexibility index (Phi) is 4.57. The average molecular weight is 288 g/mol. The second-order valence-electron chi connectivity index (χ2n) is 3.85. The molecule has 0 aliphatic carbocycles. The summed E-state index contributed by atoms with van der Waals surface area (Å²) in [5.41, 5.74) is 6.68. The zero-order chi connectivity index (χ0) is 13.9. The van der Waals surface area contributed by atoms with E-state index in [2.05, 4.69) is 0 Å². The summed E-state index contributed by atoms with van der Waals surface area (Å²) in [6.07, 6.45) is 0.130. The van der Waals surface area contributed by atoms with Gasteiger partial charge >= 0.3 is 0 Å². The molecule has 2 N–H and O–H groups in total. The Balaban J connectivity index is 3.18. The Morgan fingerprint density at radius 2 is 2.11 bits per heavy atom. The third-order valence-corrected chi connectivity index (χ3v) is 4.83. The predicted molar refractivity (Wildman–Crippen MR) is 70.6 cm³/mol. The first-order chi connectivity index (χ1) is 8.30. The molecule has 0 saturated heterocycles. The van der Waals surface area contributed by atoms with Gasteiger partial charge in [-0.05, 0) is 24.6 Å². The number of sulfonamides is 1. The van der Waals surface area contributed by atoms with Gasteiger partial charge in [0.25, 0.3) is 0 Å². The molecule has 0 aliphatic heterocycles. The molecule has 0 amide bonds. The zero-order valence-electron chi connectivity index (χ0n) is 10.1. The normalized spacial score (nSPS) is 11.5. The molecule has 7 heteroatoms. The van der Waals surface area contributed by atoms with Crippen LogP contribution in [0.4, 0.5) is 5.69 Å². The monoisotopic (exact) mass is 287 g/mol. The highest BCUT2D eigenvalue weighted by Crippen LogP contribution is 2.27. The Labute approximate surface area is 112 Å². The zero-order valence-corrected chi connectivity index (χ0v) is 11.7. The lowest BCUT2D eigenvalue weighted by molar-refractivity contribution is 0.476. The molecule has 0 atom stereocenters. The number of nitrogens with two attached hydrogens (primary N) is 1. The molecule has 5 nitrogen and oxygen atoms in total. The highest BCUT2D eigenvalue weighted by molar-refractivity contribution is 7.89. The van der Waals surface area contributed by atoms with E-state index in [-0.39, 0.29) is 17.9 Å². The number of benzene rings is 1. The van der Waals surface area contributed by atoms with E-state index in [1.54, 1.807) is 6.92 Å². The number of nitrogen functional groups attached to an aromatic ring is 1. The van der Waals surface area contributed by atoms with E-state index < -0.39 is 10.0 Å². The smallest absolute Gasteiger partial charge is 0.242 e. The van der Waals surface area contributed by atoms with E-state index >= 15 is 0 Å². The summed E-state index contributed by atoms with van der Waals surface area (Å²) in [4.78, 5) is 0.0380. The first-order valence-electron chi connectivity index (χ1n) is 5.19. The molecule has 1 aromatic rings. The lowest BCUT2D eigenvalue weighted by atomic mass is 10.2. The Morgan fingerprint density at radius 3 is 2.61 bits per heavy atom. The minimum atomic E-state index is -3.66. The van der Waals surface area contributed by atoms with Crippen molar-refractivity contribution in [3.8, 4) is 6.07 Å². The van der Waals surface area contributed by atoms with Gasteiger partial charge in [0.2, 0.25) is 10.0 Å². The van der Waals surface area contributed by atoms with E-state index in [1.165, 1.54) is 19.2 Å². The van der Waals surface area contributed by atoms with Gasteiger partial charge in [0.1, 0.15) is 0 Å². The van der Waals surface area contributed by atoms with Crippen LogP contribution in [-0.2, 0) is 10.0 Å². The molecule has 98 valence electrons. The van der Waals surface area contributed by atoms with E-state index in [1.807, 2.05) is 6.07 Å². The molecule has 0 spiro atoms. The van der Waals surface area contributed by atoms with Crippen molar-refractivity contribution in [3.05, 3.63) is 22.7 Å². The van der Waals surface area contributed by atoms with Crippen molar-refractivity contribution in [2.24, 2.45) is 0 Å². The van der Waals surface area contributed by atoms with E-state index in [0.717, 1.165) is 4.31 Å². The second-order valence-corrected chi connectivity index (χ2v) is 6.31. The van der Waals surface area contributed by atoms with Crippen molar-refractivity contribution in [2.75, 3.05) is 19.3 Å². The highest BCUT2D eigenvalue weighted by atomic mass is 35.5. The van der Waals surface area contributed by atoms with Crippen LogP contribution in [0.15, 0.2) is 17.0 Å². The fourth-order valence-corrected chi connectivity index (χ4v) is 2.86. The van der Waals surface area contributed by atoms with Gasteiger partial charge in [0, 0.05) is 30.7 Å². The number of nitrogens with zero attached hydrogens (tertiary/aromatic N) is 2. The van der Waals surface area contributed by atoms with Gasteiger partial charge in [-0.1, -0.05) is 11.6 Å². The van der Waals surface area contributed by atoms with Crippen LogP contribution in [0.5, 0.6) is 0 Å². The van der Waals surface area contributed by atoms with Gasteiger partial charge in [0.05, 0.1) is 11.0 Å². The molecule has 0 bridgehead atoms. The standard InChI is InChI=1S/C11H14ClN3O2S/c1-8-10(12)6-9(7-11(8)14)18(16,17)15(2)5-3-4-13/h6-7H,3,5,14H2,1-2H3. The summed E-state index contributed by atoms with van der Waals surface area (Å²) in [5, 5.41) is 8.77. The maximum atomic E-state index is 12.2. The van der Waals surface area contributed by atoms with Gasteiger partial charge in [-0.25, -0.2) is 8.42 Å². The van der Waals surface area contributed by atoms with E-state index in [4.69, 9.17) is 22.6 Å². The number of rotatable bonds is 4. The summed E-state index contributed by atoms with van der Waals surface area (Å²) in [6.45, 7) is 1.84. The van der Waals surface area contributed by atoms with Gasteiger partial charge in [-0.3, -0.25) is 0 Å². The van der Waals surface area contributed by atoms with Crippen LogP contribution >= 0.6 is 11.6 Å². The van der Waals surface area contributed by atoms with Gasteiger partial charge in [-0.2, -0.15) is 9.57 Å². The number of nitriles is 1. The van der Waals surface area contributed by atoms with Crippen LogP contribution in [0.25, 0.3) is 0 Å². The van der Waals surface area contributed by atoms with Crippen molar-refractivity contribution in [2.45, 2.75) is 18.2 Å². The van der Waals surface area contributed by atoms with Gasteiger partial charge in [-0.15, -0.1) is 0 Å².